The minimum Gasteiger partial charge on any atom is -0.481 e. The van der Waals surface area contributed by atoms with E-state index >= 15 is 0 Å². The number of rotatable bonds is 3. The molecule has 0 aliphatic carbocycles. The van der Waals surface area contributed by atoms with E-state index in [0.717, 1.165) is 27.7 Å². The molecule has 0 aliphatic rings. The minimum atomic E-state index is -0.805. The smallest absolute Gasteiger partial charge is 0.307 e. The van der Waals surface area contributed by atoms with Crippen LogP contribution in [0.5, 0.6) is 0 Å². The molecule has 100 valence electrons. The average Bonchev–Trinajstić information content (AvgIpc) is 2.33. The first-order valence-corrected chi connectivity index (χ1v) is 6.51. The molecule has 19 heavy (non-hydrogen) atoms. The Balaban J connectivity index is 2.77. The van der Waals surface area contributed by atoms with Gasteiger partial charge in [0.25, 0.3) is 0 Å². The van der Waals surface area contributed by atoms with Crippen molar-refractivity contribution in [3.63, 3.8) is 0 Å². The molecule has 0 radical (unpaired) electrons. The molecule has 1 aromatic heterocycles. The molecule has 0 saturated carbocycles. The van der Waals surface area contributed by atoms with Gasteiger partial charge in [0, 0.05) is 11.1 Å². The summed E-state index contributed by atoms with van der Waals surface area (Å²) >= 11 is 0. The Kier molecular flexibility index (Phi) is 3.56. The predicted molar refractivity (Wildman–Crippen MR) is 76.6 cm³/mol. The molecule has 0 fully saturated rings. The van der Waals surface area contributed by atoms with Crippen molar-refractivity contribution in [2.75, 3.05) is 0 Å². The number of aryl methyl sites for hydroxylation is 2. The van der Waals surface area contributed by atoms with Crippen molar-refractivity contribution in [1.82, 2.24) is 4.98 Å². The largest absolute Gasteiger partial charge is 0.481 e. The van der Waals surface area contributed by atoms with Crippen LogP contribution in [0.1, 0.15) is 42.1 Å². The minimum absolute atomic E-state index is 0.0429. The molecule has 0 spiro atoms. The van der Waals surface area contributed by atoms with Crippen LogP contribution in [0.2, 0.25) is 0 Å². The maximum absolute atomic E-state index is 11.0. The molecule has 0 aliphatic heterocycles. The number of aliphatic carboxylic acids is 1. The second kappa shape index (κ2) is 5.00. The van der Waals surface area contributed by atoms with Crippen molar-refractivity contribution in [3.8, 4) is 0 Å². The topological polar surface area (TPSA) is 50.2 Å². The van der Waals surface area contributed by atoms with Gasteiger partial charge in [0.05, 0.1) is 11.9 Å². The third-order valence-electron chi connectivity index (χ3n) is 3.54. The van der Waals surface area contributed by atoms with E-state index in [1.54, 1.807) is 0 Å². The molecule has 0 atom stereocenters. The molecule has 2 rings (SSSR count). The quantitative estimate of drug-likeness (QED) is 0.914. The Morgan fingerprint density at radius 3 is 2.58 bits per heavy atom. The van der Waals surface area contributed by atoms with Gasteiger partial charge in [0.15, 0.2) is 0 Å². The van der Waals surface area contributed by atoms with Gasteiger partial charge in [-0.2, -0.15) is 0 Å². The van der Waals surface area contributed by atoms with Crippen molar-refractivity contribution in [1.29, 1.82) is 0 Å². The predicted octanol–water partition coefficient (Wildman–Crippen LogP) is 3.60. The molecule has 3 heteroatoms. The maximum atomic E-state index is 11.0. The summed E-state index contributed by atoms with van der Waals surface area (Å²) in [5.74, 6) is -0.516. The number of pyridine rings is 1. The first-order valence-electron chi connectivity index (χ1n) is 6.51. The number of aromatic nitrogens is 1. The third-order valence-corrected chi connectivity index (χ3v) is 3.54. The molecular formula is C16H19NO2. The first-order chi connectivity index (χ1) is 8.90. The summed E-state index contributed by atoms with van der Waals surface area (Å²) < 4.78 is 0. The van der Waals surface area contributed by atoms with E-state index in [2.05, 4.69) is 20.8 Å². The Morgan fingerprint density at radius 1 is 1.32 bits per heavy atom. The normalized spacial score (nSPS) is 11.2. The van der Waals surface area contributed by atoms with Gasteiger partial charge in [-0.25, -0.2) is 0 Å². The summed E-state index contributed by atoms with van der Waals surface area (Å²) in [5, 5.41) is 10.0. The van der Waals surface area contributed by atoms with E-state index in [0.29, 0.717) is 0 Å². The van der Waals surface area contributed by atoms with Crippen LogP contribution in [0.4, 0.5) is 0 Å². The second-order valence-corrected chi connectivity index (χ2v) is 5.34. The van der Waals surface area contributed by atoms with E-state index in [-0.39, 0.29) is 12.3 Å². The fourth-order valence-corrected chi connectivity index (χ4v) is 2.23. The van der Waals surface area contributed by atoms with Gasteiger partial charge in [-0.05, 0) is 42.5 Å². The van der Waals surface area contributed by atoms with Gasteiger partial charge in [0.1, 0.15) is 0 Å². The van der Waals surface area contributed by atoms with Crippen molar-refractivity contribution in [2.45, 2.75) is 40.0 Å². The summed E-state index contributed by atoms with van der Waals surface area (Å²) in [6.07, 6.45) is 0.0429. The Morgan fingerprint density at radius 2 is 2.00 bits per heavy atom. The van der Waals surface area contributed by atoms with Gasteiger partial charge in [-0.1, -0.05) is 26.0 Å². The summed E-state index contributed by atoms with van der Waals surface area (Å²) in [5.41, 5.74) is 5.05. The summed E-state index contributed by atoms with van der Waals surface area (Å²) in [6, 6.07) is 5.93. The first kappa shape index (κ1) is 13.5. The lowest BCUT2D eigenvalue weighted by Crippen LogP contribution is -2.05. The van der Waals surface area contributed by atoms with Gasteiger partial charge in [-0.15, -0.1) is 0 Å². The number of carboxylic acids is 1. The van der Waals surface area contributed by atoms with Gasteiger partial charge in [0.2, 0.25) is 0 Å². The highest BCUT2D eigenvalue weighted by Crippen LogP contribution is 2.26. The summed E-state index contributed by atoms with van der Waals surface area (Å²) in [7, 11) is 0. The third kappa shape index (κ3) is 2.60. The number of nitrogens with zero attached hydrogens (tertiary/aromatic N) is 1. The van der Waals surface area contributed by atoms with E-state index < -0.39 is 5.97 Å². The highest BCUT2D eigenvalue weighted by molar-refractivity contribution is 5.89. The molecule has 0 amide bonds. The maximum Gasteiger partial charge on any atom is 0.307 e. The molecule has 0 saturated heterocycles. The van der Waals surface area contributed by atoms with Crippen LogP contribution in [0.25, 0.3) is 10.9 Å². The second-order valence-electron chi connectivity index (χ2n) is 5.34. The van der Waals surface area contributed by atoms with Crippen molar-refractivity contribution >= 4 is 16.9 Å². The summed E-state index contributed by atoms with van der Waals surface area (Å²) in [6.45, 7) is 8.24. The molecule has 1 aromatic carbocycles. The lowest BCUT2D eigenvalue weighted by atomic mass is 9.97. The zero-order valence-electron chi connectivity index (χ0n) is 11.8. The summed E-state index contributed by atoms with van der Waals surface area (Å²) in [4.78, 5) is 15.7. The Hall–Kier alpha value is -1.90. The zero-order chi connectivity index (χ0) is 14.2. The highest BCUT2D eigenvalue weighted by Gasteiger charge is 2.13. The molecule has 0 unspecified atom stereocenters. The average molecular weight is 257 g/mol. The van der Waals surface area contributed by atoms with E-state index in [4.69, 9.17) is 10.1 Å². The number of hydrogen-bond acceptors (Lipinski definition) is 2. The number of benzene rings is 1. The van der Waals surface area contributed by atoms with Crippen molar-refractivity contribution in [3.05, 3.63) is 40.6 Å². The number of carbonyl (C=O) groups is 1. The lowest BCUT2D eigenvalue weighted by molar-refractivity contribution is -0.136. The Bertz CT molecular complexity index is 645. The molecule has 2 aromatic rings. The highest BCUT2D eigenvalue weighted by atomic mass is 16.4. The van der Waals surface area contributed by atoms with Gasteiger partial charge >= 0.3 is 5.97 Å². The number of hydrogen-bond donors (Lipinski definition) is 1. The van der Waals surface area contributed by atoms with Crippen molar-refractivity contribution < 1.29 is 9.90 Å². The number of fused-ring (bicyclic) bond motifs is 1. The molecule has 1 heterocycles. The van der Waals surface area contributed by atoms with E-state index in [9.17, 15) is 4.79 Å². The Labute approximate surface area is 113 Å². The van der Waals surface area contributed by atoms with Crippen LogP contribution in [-0.2, 0) is 11.2 Å². The fraction of sp³-hybridized carbons (Fsp3) is 0.375. The molecule has 0 bridgehead atoms. The molecule has 3 nitrogen and oxygen atoms in total. The molecular weight excluding hydrogens is 238 g/mol. The van der Waals surface area contributed by atoms with Crippen LogP contribution in [0.3, 0.4) is 0 Å². The SMILES string of the molecule is Cc1ccc2c(CC(=O)O)cc(C(C)C)nc2c1C. The molecule has 1 N–H and O–H groups in total. The monoisotopic (exact) mass is 257 g/mol. The van der Waals surface area contributed by atoms with Crippen LogP contribution >= 0.6 is 0 Å². The zero-order valence-corrected chi connectivity index (χ0v) is 11.8. The van der Waals surface area contributed by atoms with Crippen LogP contribution in [-0.4, -0.2) is 16.1 Å². The van der Waals surface area contributed by atoms with Crippen LogP contribution < -0.4 is 0 Å². The lowest BCUT2D eigenvalue weighted by Gasteiger charge is -2.13. The van der Waals surface area contributed by atoms with Crippen LogP contribution in [0, 0.1) is 13.8 Å². The van der Waals surface area contributed by atoms with E-state index in [1.807, 2.05) is 25.1 Å². The standard InChI is InChI=1S/C16H19NO2/c1-9(2)14-7-12(8-15(18)19)13-6-5-10(3)11(4)16(13)17-14/h5-7,9H,8H2,1-4H3,(H,18,19). The van der Waals surface area contributed by atoms with E-state index in [1.165, 1.54) is 5.56 Å². The van der Waals surface area contributed by atoms with Crippen molar-refractivity contribution in [2.24, 2.45) is 0 Å². The van der Waals surface area contributed by atoms with Gasteiger partial charge < -0.3 is 5.11 Å². The fourth-order valence-electron chi connectivity index (χ4n) is 2.23. The number of carboxylic acid groups (broad SMARTS) is 1. The van der Waals surface area contributed by atoms with Gasteiger partial charge in [-0.3, -0.25) is 9.78 Å². The van der Waals surface area contributed by atoms with Crippen LogP contribution in [0.15, 0.2) is 18.2 Å².